The van der Waals surface area contributed by atoms with Crippen molar-refractivity contribution in [2.45, 2.75) is 48.9 Å². The Bertz CT molecular complexity index is 432. The quantitative estimate of drug-likeness (QED) is 0.870. The van der Waals surface area contributed by atoms with Crippen LogP contribution in [-0.2, 0) is 11.2 Å². The van der Waals surface area contributed by atoms with Crippen molar-refractivity contribution in [1.82, 2.24) is 5.32 Å². The van der Waals surface area contributed by atoms with Gasteiger partial charge < -0.3 is 10.4 Å². The molecule has 1 aliphatic rings. The Morgan fingerprint density at radius 2 is 2.11 bits per heavy atom. The fraction of sp³-hybridized carbons (Fsp3) is 0.533. The Balaban J connectivity index is 1.90. The van der Waals surface area contributed by atoms with Crippen molar-refractivity contribution in [3.05, 3.63) is 29.8 Å². The molecule has 0 bridgehead atoms. The molecule has 1 aromatic rings. The number of benzene rings is 1. The second kappa shape index (κ2) is 5.97. The topological polar surface area (TPSA) is 49.3 Å². The molecule has 1 aliphatic heterocycles. The van der Waals surface area contributed by atoms with E-state index >= 15 is 0 Å². The number of hydrogen-bond donors (Lipinski definition) is 2. The molecule has 0 spiro atoms. The fourth-order valence-electron chi connectivity index (χ4n) is 2.19. The summed E-state index contributed by atoms with van der Waals surface area (Å²) in [7, 11) is 0. The van der Waals surface area contributed by atoms with Crippen molar-refractivity contribution in [2.75, 3.05) is 6.54 Å². The van der Waals surface area contributed by atoms with Gasteiger partial charge in [0.2, 0.25) is 5.91 Å². The average molecular weight is 279 g/mol. The fourth-order valence-corrected chi connectivity index (χ4v) is 3.41. The van der Waals surface area contributed by atoms with Gasteiger partial charge in [0.05, 0.1) is 10.9 Å². The van der Waals surface area contributed by atoms with Gasteiger partial charge in [0.15, 0.2) is 0 Å². The number of carbonyl (C=O) groups is 1. The van der Waals surface area contributed by atoms with Gasteiger partial charge in [-0.2, -0.15) is 0 Å². The third kappa shape index (κ3) is 3.31. The third-order valence-corrected chi connectivity index (χ3v) is 5.16. The number of aliphatic hydroxyl groups is 1. The summed E-state index contributed by atoms with van der Waals surface area (Å²) < 4.78 is 0. The van der Waals surface area contributed by atoms with E-state index in [9.17, 15) is 9.90 Å². The summed E-state index contributed by atoms with van der Waals surface area (Å²) in [4.78, 5) is 13.3. The standard InChI is InChI=1S/C15H21NO2S/c1-3-15(18,4-2)10-16-14(17)13-9-11-7-5-6-8-12(11)19-13/h5-8,13,18H,3-4,9-10H2,1-2H3,(H,16,17). The molecule has 0 aromatic heterocycles. The van der Waals surface area contributed by atoms with Crippen molar-refractivity contribution in [2.24, 2.45) is 0 Å². The zero-order chi connectivity index (χ0) is 13.9. The normalized spacial score (nSPS) is 18.2. The molecule has 0 saturated carbocycles. The van der Waals surface area contributed by atoms with Crippen molar-refractivity contribution in [3.8, 4) is 0 Å². The van der Waals surface area contributed by atoms with E-state index in [-0.39, 0.29) is 11.2 Å². The Labute approximate surface area is 118 Å². The van der Waals surface area contributed by atoms with Gasteiger partial charge in [0.25, 0.3) is 0 Å². The SMILES string of the molecule is CCC(O)(CC)CNC(=O)C1Cc2ccccc2S1. The lowest BCUT2D eigenvalue weighted by Gasteiger charge is -2.26. The summed E-state index contributed by atoms with van der Waals surface area (Å²) in [6.07, 6.45) is 2.09. The highest BCUT2D eigenvalue weighted by Crippen LogP contribution is 2.36. The maximum atomic E-state index is 12.1. The molecule has 0 aliphatic carbocycles. The van der Waals surface area contributed by atoms with Gasteiger partial charge in [0.1, 0.15) is 0 Å². The van der Waals surface area contributed by atoms with E-state index in [1.807, 2.05) is 26.0 Å². The van der Waals surface area contributed by atoms with Crippen molar-refractivity contribution in [3.63, 3.8) is 0 Å². The largest absolute Gasteiger partial charge is 0.388 e. The highest BCUT2D eigenvalue weighted by molar-refractivity contribution is 8.01. The summed E-state index contributed by atoms with van der Waals surface area (Å²) in [5.74, 6) is 0.0292. The van der Waals surface area contributed by atoms with E-state index in [2.05, 4.69) is 17.4 Å². The van der Waals surface area contributed by atoms with E-state index in [0.29, 0.717) is 19.4 Å². The predicted molar refractivity (Wildman–Crippen MR) is 78.3 cm³/mol. The molecule has 1 heterocycles. The lowest BCUT2D eigenvalue weighted by Crippen LogP contribution is -2.44. The molecule has 1 aromatic carbocycles. The Kier molecular flexibility index (Phi) is 4.53. The third-order valence-electron chi connectivity index (χ3n) is 3.85. The van der Waals surface area contributed by atoms with Crippen molar-refractivity contribution >= 4 is 17.7 Å². The zero-order valence-corrected chi connectivity index (χ0v) is 12.3. The van der Waals surface area contributed by atoms with Crippen LogP contribution in [0.2, 0.25) is 0 Å². The number of hydrogen-bond acceptors (Lipinski definition) is 3. The predicted octanol–water partition coefficient (Wildman–Crippen LogP) is 2.37. The monoisotopic (exact) mass is 279 g/mol. The minimum absolute atomic E-state index is 0.0292. The van der Waals surface area contributed by atoms with Gasteiger partial charge in [-0.25, -0.2) is 0 Å². The van der Waals surface area contributed by atoms with E-state index < -0.39 is 5.60 Å². The van der Waals surface area contributed by atoms with Crippen LogP contribution in [0, 0.1) is 0 Å². The Morgan fingerprint density at radius 1 is 1.42 bits per heavy atom. The molecule has 104 valence electrons. The number of nitrogens with one attached hydrogen (secondary N) is 1. The zero-order valence-electron chi connectivity index (χ0n) is 11.5. The van der Waals surface area contributed by atoms with Gasteiger partial charge in [-0.15, -0.1) is 11.8 Å². The van der Waals surface area contributed by atoms with Crippen molar-refractivity contribution < 1.29 is 9.90 Å². The van der Waals surface area contributed by atoms with E-state index in [1.54, 1.807) is 11.8 Å². The number of thioether (sulfide) groups is 1. The molecular weight excluding hydrogens is 258 g/mol. The molecule has 4 heteroatoms. The van der Waals surface area contributed by atoms with Crippen LogP contribution in [0.5, 0.6) is 0 Å². The number of fused-ring (bicyclic) bond motifs is 1. The summed E-state index contributed by atoms with van der Waals surface area (Å²) in [5, 5.41) is 13.0. The second-order valence-electron chi connectivity index (χ2n) is 5.07. The van der Waals surface area contributed by atoms with Gasteiger partial charge in [-0.05, 0) is 30.9 Å². The maximum absolute atomic E-state index is 12.1. The van der Waals surface area contributed by atoms with Gasteiger partial charge in [-0.3, -0.25) is 4.79 Å². The molecule has 3 nitrogen and oxygen atoms in total. The molecule has 1 unspecified atom stereocenters. The lowest BCUT2D eigenvalue weighted by atomic mass is 9.97. The van der Waals surface area contributed by atoms with Gasteiger partial charge >= 0.3 is 0 Å². The van der Waals surface area contributed by atoms with Crippen LogP contribution < -0.4 is 5.32 Å². The Hall–Kier alpha value is -1.00. The van der Waals surface area contributed by atoms with Gasteiger partial charge in [-0.1, -0.05) is 32.0 Å². The molecule has 1 amide bonds. The highest BCUT2D eigenvalue weighted by Gasteiger charge is 2.30. The smallest absolute Gasteiger partial charge is 0.233 e. The molecule has 0 fully saturated rings. The molecule has 1 atom stereocenters. The molecule has 2 rings (SSSR count). The van der Waals surface area contributed by atoms with Crippen LogP contribution in [0.4, 0.5) is 0 Å². The minimum atomic E-state index is -0.772. The van der Waals surface area contributed by atoms with E-state index in [0.717, 1.165) is 6.42 Å². The van der Waals surface area contributed by atoms with E-state index in [1.165, 1.54) is 10.5 Å². The first-order valence-electron chi connectivity index (χ1n) is 6.82. The second-order valence-corrected chi connectivity index (χ2v) is 6.31. The molecular formula is C15H21NO2S. The number of carbonyl (C=O) groups excluding carboxylic acids is 1. The highest BCUT2D eigenvalue weighted by atomic mass is 32.2. The van der Waals surface area contributed by atoms with Crippen LogP contribution >= 0.6 is 11.8 Å². The summed E-state index contributed by atoms with van der Waals surface area (Å²) in [5.41, 5.74) is 0.472. The maximum Gasteiger partial charge on any atom is 0.233 e. The molecule has 0 saturated heterocycles. The average Bonchev–Trinajstić information content (AvgIpc) is 2.88. The van der Waals surface area contributed by atoms with Gasteiger partial charge in [0, 0.05) is 11.4 Å². The molecule has 19 heavy (non-hydrogen) atoms. The van der Waals surface area contributed by atoms with Crippen LogP contribution in [0.25, 0.3) is 0 Å². The first-order valence-corrected chi connectivity index (χ1v) is 7.70. The summed E-state index contributed by atoms with van der Waals surface area (Å²) in [6.45, 7) is 4.22. The molecule has 0 radical (unpaired) electrons. The first kappa shape index (κ1) is 14.4. The van der Waals surface area contributed by atoms with Crippen LogP contribution in [0.1, 0.15) is 32.3 Å². The first-order chi connectivity index (χ1) is 9.08. The summed E-state index contributed by atoms with van der Waals surface area (Å²) in [6, 6.07) is 8.14. The summed E-state index contributed by atoms with van der Waals surface area (Å²) >= 11 is 1.62. The number of amides is 1. The Morgan fingerprint density at radius 3 is 2.74 bits per heavy atom. The lowest BCUT2D eigenvalue weighted by molar-refractivity contribution is -0.121. The van der Waals surface area contributed by atoms with Crippen molar-refractivity contribution in [1.29, 1.82) is 0 Å². The van der Waals surface area contributed by atoms with E-state index in [4.69, 9.17) is 0 Å². The minimum Gasteiger partial charge on any atom is -0.388 e. The van der Waals surface area contributed by atoms with Crippen LogP contribution in [0.3, 0.4) is 0 Å². The molecule has 2 N–H and O–H groups in total. The number of rotatable bonds is 5. The van der Waals surface area contributed by atoms with Crippen LogP contribution in [0.15, 0.2) is 29.2 Å². The van der Waals surface area contributed by atoms with Crippen LogP contribution in [-0.4, -0.2) is 28.4 Å².